The Labute approximate surface area is 122 Å². The largest absolute Gasteiger partial charge is 0.314 e. The van der Waals surface area contributed by atoms with Gasteiger partial charge >= 0.3 is 0 Å². The summed E-state index contributed by atoms with van der Waals surface area (Å²) in [5, 5.41) is 3.35. The molecule has 3 nitrogen and oxygen atoms in total. The lowest BCUT2D eigenvalue weighted by molar-refractivity contribution is 0.202. The summed E-state index contributed by atoms with van der Waals surface area (Å²) in [6.07, 6.45) is 0. The SMILES string of the molecule is CN(CCN1CCNCC1)Cc1cccc(F)c1Br. The van der Waals surface area contributed by atoms with Gasteiger partial charge in [0.15, 0.2) is 0 Å². The molecular weight excluding hydrogens is 309 g/mol. The second kappa shape index (κ2) is 7.33. The molecule has 0 unspecified atom stereocenters. The summed E-state index contributed by atoms with van der Waals surface area (Å²) >= 11 is 3.32. The zero-order chi connectivity index (χ0) is 13.7. The van der Waals surface area contributed by atoms with E-state index in [1.165, 1.54) is 6.07 Å². The van der Waals surface area contributed by atoms with Crippen molar-refractivity contribution in [2.75, 3.05) is 46.3 Å². The summed E-state index contributed by atoms with van der Waals surface area (Å²) in [7, 11) is 2.08. The summed E-state index contributed by atoms with van der Waals surface area (Å²) in [4.78, 5) is 4.70. The second-order valence-electron chi connectivity index (χ2n) is 5.04. The Bertz CT molecular complexity index is 408. The van der Waals surface area contributed by atoms with Crippen LogP contribution in [0.5, 0.6) is 0 Å². The zero-order valence-electron chi connectivity index (χ0n) is 11.3. The molecule has 0 bridgehead atoms. The maximum Gasteiger partial charge on any atom is 0.137 e. The number of benzene rings is 1. The van der Waals surface area contributed by atoms with Crippen molar-refractivity contribution >= 4 is 15.9 Å². The van der Waals surface area contributed by atoms with E-state index in [1.807, 2.05) is 6.07 Å². The van der Waals surface area contributed by atoms with Crippen LogP contribution in [0, 0.1) is 5.82 Å². The average Bonchev–Trinajstić information content (AvgIpc) is 2.43. The van der Waals surface area contributed by atoms with Gasteiger partial charge < -0.3 is 10.2 Å². The highest BCUT2D eigenvalue weighted by molar-refractivity contribution is 9.10. The van der Waals surface area contributed by atoms with Crippen LogP contribution in [0.3, 0.4) is 0 Å². The number of nitrogens with one attached hydrogen (secondary N) is 1. The lowest BCUT2D eigenvalue weighted by Crippen LogP contribution is -2.45. The highest BCUT2D eigenvalue weighted by Gasteiger charge is 2.11. The Morgan fingerprint density at radius 3 is 2.84 bits per heavy atom. The number of hydrogen-bond acceptors (Lipinski definition) is 3. The van der Waals surface area contributed by atoms with Gasteiger partial charge in [0, 0.05) is 45.8 Å². The van der Waals surface area contributed by atoms with Gasteiger partial charge in [0.1, 0.15) is 5.82 Å². The van der Waals surface area contributed by atoms with Crippen LogP contribution in [-0.2, 0) is 6.54 Å². The first-order valence-corrected chi connectivity index (χ1v) is 7.50. The first-order valence-electron chi connectivity index (χ1n) is 6.71. The predicted octanol–water partition coefficient (Wildman–Crippen LogP) is 1.93. The van der Waals surface area contributed by atoms with E-state index in [4.69, 9.17) is 0 Å². The molecule has 19 heavy (non-hydrogen) atoms. The highest BCUT2D eigenvalue weighted by atomic mass is 79.9. The van der Waals surface area contributed by atoms with Crippen molar-refractivity contribution in [1.29, 1.82) is 0 Å². The molecule has 106 valence electrons. The predicted molar refractivity (Wildman–Crippen MR) is 79.7 cm³/mol. The summed E-state index contributed by atoms with van der Waals surface area (Å²) in [5.74, 6) is -0.187. The summed E-state index contributed by atoms with van der Waals surface area (Å²) in [5.41, 5.74) is 1.00. The Hall–Kier alpha value is -0.490. The van der Waals surface area contributed by atoms with Gasteiger partial charge in [-0.2, -0.15) is 0 Å². The number of nitrogens with zero attached hydrogens (tertiary/aromatic N) is 2. The van der Waals surface area contributed by atoms with Crippen molar-refractivity contribution in [3.63, 3.8) is 0 Å². The van der Waals surface area contributed by atoms with Gasteiger partial charge in [-0.05, 0) is 34.6 Å². The molecule has 0 saturated carbocycles. The molecule has 1 fully saturated rings. The van der Waals surface area contributed by atoms with Crippen LogP contribution >= 0.6 is 15.9 Å². The Kier molecular flexibility index (Phi) is 5.76. The zero-order valence-corrected chi connectivity index (χ0v) is 12.9. The fourth-order valence-corrected chi connectivity index (χ4v) is 2.68. The van der Waals surface area contributed by atoms with Crippen LogP contribution in [-0.4, -0.2) is 56.1 Å². The first-order chi connectivity index (χ1) is 9.16. The third-order valence-electron chi connectivity index (χ3n) is 3.48. The van der Waals surface area contributed by atoms with Gasteiger partial charge in [0.2, 0.25) is 0 Å². The van der Waals surface area contributed by atoms with Gasteiger partial charge in [0.05, 0.1) is 4.47 Å². The van der Waals surface area contributed by atoms with Gasteiger partial charge in [-0.1, -0.05) is 12.1 Å². The summed E-state index contributed by atoms with van der Waals surface area (Å²) < 4.78 is 14.0. The monoisotopic (exact) mass is 329 g/mol. The molecule has 0 aromatic heterocycles. The van der Waals surface area contributed by atoms with Crippen LogP contribution in [0.15, 0.2) is 22.7 Å². The van der Waals surface area contributed by atoms with E-state index >= 15 is 0 Å². The van der Waals surface area contributed by atoms with Crippen molar-refractivity contribution in [2.45, 2.75) is 6.54 Å². The van der Waals surface area contributed by atoms with Crippen molar-refractivity contribution in [3.8, 4) is 0 Å². The van der Waals surface area contributed by atoms with Crippen molar-refractivity contribution in [1.82, 2.24) is 15.1 Å². The molecule has 0 radical (unpaired) electrons. The number of piperazine rings is 1. The molecule has 1 aliphatic rings. The molecule has 1 heterocycles. The number of halogens is 2. The van der Waals surface area contributed by atoms with Crippen molar-refractivity contribution in [3.05, 3.63) is 34.1 Å². The lowest BCUT2D eigenvalue weighted by atomic mass is 10.2. The third-order valence-corrected chi connectivity index (χ3v) is 4.37. The molecule has 5 heteroatoms. The average molecular weight is 330 g/mol. The molecule has 0 atom stereocenters. The maximum atomic E-state index is 13.4. The van der Waals surface area contributed by atoms with Crippen molar-refractivity contribution in [2.24, 2.45) is 0 Å². The minimum absolute atomic E-state index is 0.187. The van der Waals surface area contributed by atoms with Crippen molar-refractivity contribution < 1.29 is 4.39 Å². The molecule has 0 spiro atoms. The van der Waals surface area contributed by atoms with Crippen LogP contribution in [0.25, 0.3) is 0 Å². The molecule has 0 amide bonds. The molecule has 1 aliphatic heterocycles. The minimum Gasteiger partial charge on any atom is -0.314 e. The van der Waals surface area contributed by atoms with E-state index in [2.05, 4.69) is 38.1 Å². The molecule has 0 aliphatic carbocycles. The Balaban J connectivity index is 1.80. The highest BCUT2D eigenvalue weighted by Crippen LogP contribution is 2.21. The van der Waals surface area contributed by atoms with E-state index in [-0.39, 0.29) is 5.82 Å². The Morgan fingerprint density at radius 2 is 2.11 bits per heavy atom. The smallest absolute Gasteiger partial charge is 0.137 e. The molecule has 1 aromatic rings. The van der Waals surface area contributed by atoms with Crippen LogP contribution in [0.1, 0.15) is 5.56 Å². The fourth-order valence-electron chi connectivity index (χ4n) is 2.29. The van der Waals surface area contributed by atoms with Crippen LogP contribution in [0.4, 0.5) is 4.39 Å². The van der Waals surface area contributed by atoms with Gasteiger partial charge in [-0.25, -0.2) is 4.39 Å². The van der Waals surface area contributed by atoms with Crippen LogP contribution in [0.2, 0.25) is 0 Å². The quantitative estimate of drug-likeness (QED) is 0.890. The topological polar surface area (TPSA) is 18.5 Å². The van der Waals surface area contributed by atoms with Gasteiger partial charge in [0.25, 0.3) is 0 Å². The van der Waals surface area contributed by atoms with E-state index in [9.17, 15) is 4.39 Å². The van der Waals surface area contributed by atoms with E-state index in [0.717, 1.165) is 51.4 Å². The lowest BCUT2D eigenvalue weighted by Gasteiger charge is -2.29. The number of rotatable bonds is 5. The van der Waals surface area contributed by atoms with E-state index in [1.54, 1.807) is 6.07 Å². The number of likely N-dealkylation sites (N-methyl/N-ethyl adjacent to an activating group) is 1. The molecular formula is C14H21BrFN3. The van der Waals surface area contributed by atoms with Gasteiger partial charge in [-0.3, -0.25) is 4.90 Å². The van der Waals surface area contributed by atoms with Gasteiger partial charge in [-0.15, -0.1) is 0 Å². The molecule has 2 rings (SSSR count). The van der Waals surface area contributed by atoms with E-state index < -0.39 is 0 Å². The summed E-state index contributed by atoms with van der Waals surface area (Å²) in [6.45, 7) is 7.26. The van der Waals surface area contributed by atoms with E-state index in [0.29, 0.717) is 4.47 Å². The molecule has 1 N–H and O–H groups in total. The molecule has 1 aromatic carbocycles. The number of hydrogen-bond donors (Lipinski definition) is 1. The third kappa shape index (κ3) is 4.53. The molecule has 1 saturated heterocycles. The normalized spacial score (nSPS) is 17.1. The standard InChI is InChI=1S/C14H21BrFN3/c1-18(9-10-19-7-5-17-6-8-19)11-12-3-2-4-13(16)14(12)15/h2-4,17H,5-11H2,1H3. The fraction of sp³-hybridized carbons (Fsp3) is 0.571. The minimum atomic E-state index is -0.187. The summed E-state index contributed by atoms with van der Waals surface area (Å²) in [6, 6.07) is 5.21. The first kappa shape index (κ1) is 14.9. The van der Waals surface area contributed by atoms with Crippen LogP contribution < -0.4 is 5.32 Å². The second-order valence-corrected chi connectivity index (χ2v) is 5.84. The maximum absolute atomic E-state index is 13.4. The Morgan fingerprint density at radius 1 is 1.37 bits per heavy atom.